The van der Waals surface area contributed by atoms with Crippen LogP contribution in [0.2, 0.25) is 0 Å². The van der Waals surface area contributed by atoms with E-state index in [1.807, 2.05) is 0 Å². The van der Waals surface area contributed by atoms with Crippen LogP contribution in [0.25, 0.3) is 33.0 Å². The monoisotopic (exact) mass is 286 g/mol. The van der Waals surface area contributed by atoms with Gasteiger partial charge in [0, 0.05) is 0 Å². The Morgan fingerprint density at radius 2 is 1.14 bits per heavy atom. The van der Waals surface area contributed by atoms with E-state index in [0.29, 0.717) is 0 Å². The number of hydrogen-bond donors (Lipinski definition) is 0. The van der Waals surface area contributed by atoms with Gasteiger partial charge < -0.3 is 0 Å². The average molecular weight is 286 g/mol. The van der Waals surface area contributed by atoms with Crippen LogP contribution in [0.4, 0.5) is 0 Å². The van der Waals surface area contributed by atoms with Crippen LogP contribution in [0.1, 0.15) is 36.1 Å². The van der Waals surface area contributed by atoms with Crippen molar-refractivity contribution < 1.29 is 0 Å². The van der Waals surface area contributed by atoms with Crippen molar-refractivity contribution in [3.8, 4) is 22.3 Å². The summed E-state index contributed by atoms with van der Waals surface area (Å²) in [6.07, 6.45) is 2.24. The summed E-state index contributed by atoms with van der Waals surface area (Å²) in [5.41, 5.74) is 11.9. The minimum Gasteiger partial charge on any atom is -0.0613 e. The molecule has 0 spiro atoms. The molecule has 1 aliphatic rings. The first-order valence-corrected chi connectivity index (χ1v) is 8.36. The predicted molar refractivity (Wildman–Crippen MR) is 96.6 cm³/mol. The molecule has 0 heterocycles. The van der Waals surface area contributed by atoms with Crippen LogP contribution in [0, 0.1) is 13.8 Å². The predicted octanol–water partition coefficient (Wildman–Crippen LogP) is 6.23. The number of fused-ring (bicyclic) bond motifs is 3. The summed E-state index contributed by atoms with van der Waals surface area (Å²) < 4.78 is 0. The Morgan fingerprint density at radius 1 is 0.682 bits per heavy atom. The molecule has 3 aromatic carbocycles. The molecule has 0 saturated heterocycles. The third kappa shape index (κ3) is 1.53. The Labute approximate surface area is 132 Å². The zero-order chi connectivity index (χ0) is 15.4. The van der Waals surface area contributed by atoms with Gasteiger partial charge in [-0.1, -0.05) is 50.2 Å². The number of hydrogen-bond acceptors (Lipinski definition) is 0. The van der Waals surface area contributed by atoms with E-state index in [2.05, 4.69) is 64.1 Å². The maximum absolute atomic E-state index is 2.32. The van der Waals surface area contributed by atoms with Gasteiger partial charge in [-0.25, -0.2) is 0 Å². The zero-order valence-electron chi connectivity index (χ0n) is 13.9. The molecule has 4 rings (SSSR count). The Morgan fingerprint density at radius 3 is 1.55 bits per heavy atom. The summed E-state index contributed by atoms with van der Waals surface area (Å²) in [7, 11) is 0. The first-order chi connectivity index (χ1) is 10.7. The SMILES string of the molecule is CCc1c(C)c2c(c(C)c1CC)-c1cccc3cccc-2c13. The minimum atomic E-state index is 1.12. The summed E-state index contributed by atoms with van der Waals surface area (Å²) in [5, 5.41) is 2.81. The van der Waals surface area contributed by atoms with E-state index in [-0.39, 0.29) is 0 Å². The largest absolute Gasteiger partial charge is 0.0613 e. The molecular formula is C22H22. The van der Waals surface area contributed by atoms with Gasteiger partial charge in [0.25, 0.3) is 0 Å². The zero-order valence-corrected chi connectivity index (χ0v) is 13.9. The van der Waals surface area contributed by atoms with Gasteiger partial charge >= 0.3 is 0 Å². The van der Waals surface area contributed by atoms with Crippen molar-refractivity contribution in [1.29, 1.82) is 0 Å². The number of rotatable bonds is 2. The molecule has 0 heteroatoms. The van der Waals surface area contributed by atoms with E-state index in [1.165, 1.54) is 44.2 Å². The van der Waals surface area contributed by atoms with Crippen molar-refractivity contribution in [3.05, 3.63) is 58.7 Å². The average Bonchev–Trinajstić information content (AvgIpc) is 2.88. The third-order valence-corrected chi connectivity index (χ3v) is 5.42. The van der Waals surface area contributed by atoms with Gasteiger partial charge in [0.2, 0.25) is 0 Å². The second-order valence-corrected chi connectivity index (χ2v) is 6.37. The Balaban J connectivity index is 2.24. The first-order valence-electron chi connectivity index (χ1n) is 8.36. The summed E-state index contributed by atoms with van der Waals surface area (Å²) in [4.78, 5) is 0. The lowest BCUT2D eigenvalue weighted by atomic mass is 9.84. The molecule has 0 radical (unpaired) electrons. The molecule has 0 nitrogen and oxygen atoms in total. The van der Waals surface area contributed by atoms with E-state index in [1.54, 1.807) is 11.1 Å². The normalized spacial score (nSPS) is 12.0. The van der Waals surface area contributed by atoms with E-state index in [0.717, 1.165) is 12.8 Å². The second-order valence-electron chi connectivity index (χ2n) is 6.37. The molecule has 22 heavy (non-hydrogen) atoms. The van der Waals surface area contributed by atoms with Crippen LogP contribution in [0.3, 0.4) is 0 Å². The lowest BCUT2D eigenvalue weighted by Crippen LogP contribution is -2.02. The smallest absolute Gasteiger partial charge is 0.00262 e. The van der Waals surface area contributed by atoms with E-state index in [9.17, 15) is 0 Å². The van der Waals surface area contributed by atoms with Crippen LogP contribution in [0.15, 0.2) is 36.4 Å². The molecule has 0 atom stereocenters. The molecule has 1 aliphatic carbocycles. The molecule has 3 aromatic rings. The van der Waals surface area contributed by atoms with Gasteiger partial charge in [0.1, 0.15) is 0 Å². The van der Waals surface area contributed by atoms with Crippen LogP contribution < -0.4 is 0 Å². The fraction of sp³-hybridized carbons (Fsp3) is 0.273. The van der Waals surface area contributed by atoms with Crippen LogP contribution in [0.5, 0.6) is 0 Å². The molecule has 0 amide bonds. The fourth-order valence-electron chi connectivity index (χ4n) is 4.52. The maximum Gasteiger partial charge on any atom is -0.00262 e. The van der Waals surface area contributed by atoms with Crippen molar-refractivity contribution in [1.82, 2.24) is 0 Å². The fourth-order valence-corrected chi connectivity index (χ4v) is 4.52. The highest BCUT2D eigenvalue weighted by atomic mass is 14.3. The highest BCUT2D eigenvalue weighted by molar-refractivity contribution is 6.16. The van der Waals surface area contributed by atoms with Crippen molar-refractivity contribution in [2.45, 2.75) is 40.5 Å². The molecule has 110 valence electrons. The topological polar surface area (TPSA) is 0 Å². The Hall–Kier alpha value is -2.08. The molecule has 0 unspecified atom stereocenters. The number of benzene rings is 3. The molecule has 0 bridgehead atoms. The third-order valence-electron chi connectivity index (χ3n) is 5.42. The summed E-state index contributed by atoms with van der Waals surface area (Å²) in [5.74, 6) is 0. The van der Waals surface area contributed by atoms with E-state index >= 15 is 0 Å². The van der Waals surface area contributed by atoms with Gasteiger partial charge in [0.05, 0.1) is 0 Å². The van der Waals surface area contributed by atoms with Gasteiger partial charge in [0.15, 0.2) is 0 Å². The van der Waals surface area contributed by atoms with Gasteiger partial charge in [-0.15, -0.1) is 0 Å². The van der Waals surface area contributed by atoms with E-state index in [4.69, 9.17) is 0 Å². The van der Waals surface area contributed by atoms with E-state index < -0.39 is 0 Å². The first kappa shape index (κ1) is 13.6. The molecule has 0 fully saturated rings. The Kier molecular flexibility index (Phi) is 2.91. The summed E-state index contributed by atoms with van der Waals surface area (Å²) in [6, 6.07) is 13.5. The highest BCUT2D eigenvalue weighted by Gasteiger charge is 2.27. The van der Waals surface area contributed by atoms with Crippen molar-refractivity contribution in [2.75, 3.05) is 0 Å². The molecule has 0 aromatic heterocycles. The highest BCUT2D eigenvalue weighted by Crippen LogP contribution is 2.51. The van der Waals surface area contributed by atoms with Crippen LogP contribution >= 0.6 is 0 Å². The quantitative estimate of drug-likeness (QED) is 0.410. The van der Waals surface area contributed by atoms with Gasteiger partial charge in [-0.05, 0) is 82.0 Å². The van der Waals surface area contributed by atoms with Crippen molar-refractivity contribution in [3.63, 3.8) is 0 Å². The standard InChI is InChI=1S/C22H22/c1-5-16-13(3)20-18-11-7-9-15-10-8-12-19(22(15)18)21(20)14(4)17(16)6-2/h7-12H,5-6H2,1-4H3. The van der Waals surface area contributed by atoms with Gasteiger partial charge in [-0.2, -0.15) is 0 Å². The Bertz CT molecular complexity index is 841. The molecule has 0 saturated carbocycles. The molecule has 0 aliphatic heterocycles. The minimum absolute atomic E-state index is 1.12. The lowest BCUT2D eigenvalue weighted by molar-refractivity contribution is 1.00. The lowest BCUT2D eigenvalue weighted by Gasteiger charge is -2.20. The second kappa shape index (κ2) is 4.71. The van der Waals surface area contributed by atoms with Crippen LogP contribution in [-0.2, 0) is 12.8 Å². The van der Waals surface area contributed by atoms with Crippen LogP contribution in [-0.4, -0.2) is 0 Å². The van der Waals surface area contributed by atoms with Gasteiger partial charge in [-0.3, -0.25) is 0 Å². The summed E-state index contributed by atoms with van der Waals surface area (Å²) >= 11 is 0. The molecule has 0 N–H and O–H groups in total. The van der Waals surface area contributed by atoms with Crippen molar-refractivity contribution in [2.24, 2.45) is 0 Å². The van der Waals surface area contributed by atoms with Crippen molar-refractivity contribution >= 4 is 10.8 Å². The molecular weight excluding hydrogens is 264 g/mol. The maximum atomic E-state index is 2.32. The summed E-state index contributed by atoms with van der Waals surface area (Å²) in [6.45, 7) is 9.22.